The summed E-state index contributed by atoms with van der Waals surface area (Å²) in [6.45, 7) is 10.2. The fraction of sp³-hybridized carbons (Fsp3) is 0.259. The van der Waals surface area contributed by atoms with Gasteiger partial charge in [0.15, 0.2) is 0 Å². The molecule has 0 spiro atoms. The first-order valence-corrected chi connectivity index (χ1v) is 11.5. The molecule has 4 rings (SSSR count). The number of hydrogen-bond acceptors (Lipinski definition) is 6. The summed E-state index contributed by atoms with van der Waals surface area (Å²) in [5.74, 6) is 2.57. The molecule has 2 aromatic heterocycles. The number of nitrogens with zero attached hydrogens (tertiary/aromatic N) is 4. The maximum atomic E-state index is 12.8. The van der Waals surface area contributed by atoms with Crippen molar-refractivity contribution in [1.82, 2.24) is 19.7 Å². The number of benzene rings is 2. The van der Waals surface area contributed by atoms with Crippen molar-refractivity contribution in [2.45, 2.75) is 41.0 Å². The van der Waals surface area contributed by atoms with Gasteiger partial charge in [-0.2, -0.15) is 5.10 Å². The van der Waals surface area contributed by atoms with E-state index in [0.29, 0.717) is 29.7 Å². The second kappa shape index (κ2) is 10.4. The number of ether oxygens (including phenoxy) is 2. The second-order valence-electron chi connectivity index (χ2n) is 8.27. The summed E-state index contributed by atoms with van der Waals surface area (Å²) in [5, 5.41) is 7.52. The Morgan fingerprint density at radius 3 is 2.06 bits per heavy atom. The van der Waals surface area contributed by atoms with E-state index in [1.807, 2.05) is 89.2 Å². The normalized spacial score (nSPS) is 10.8. The maximum Gasteiger partial charge on any atom is 0.251 e. The molecular weight excluding hydrogens is 442 g/mol. The van der Waals surface area contributed by atoms with E-state index >= 15 is 0 Å². The van der Waals surface area contributed by atoms with E-state index in [2.05, 4.69) is 20.4 Å². The molecule has 8 nitrogen and oxygen atoms in total. The summed E-state index contributed by atoms with van der Waals surface area (Å²) < 4.78 is 13.0. The number of hydrogen-bond donors (Lipinski definition) is 1. The first-order chi connectivity index (χ1) is 16.8. The molecule has 0 unspecified atom stereocenters. The largest absolute Gasteiger partial charge is 0.494 e. The van der Waals surface area contributed by atoms with Crippen molar-refractivity contribution in [2.24, 2.45) is 0 Å². The Morgan fingerprint density at radius 2 is 1.46 bits per heavy atom. The summed E-state index contributed by atoms with van der Waals surface area (Å²) in [6, 6.07) is 16.6. The average molecular weight is 472 g/mol. The molecule has 1 amide bonds. The molecule has 0 saturated carbocycles. The lowest BCUT2D eigenvalue weighted by molar-refractivity contribution is -0.115. The van der Waals surface area contributed by atoms with Gasteiger partial charge in [0.1, 0.15) is 17.2 Å². The number of nitrogens with one attached hydrogen (secondary N) is 1. The molecule has 35 heavy (non-hydrogen) atoms. The Balaban J connectivity index is 1.40. The lowest BCUT2D eigenvalue weighted by Gasteiger charge is -2.09. The van der Waals surface area contributed by atoms with E-state index in [0.717, 1.165) is 34.1 Å². The van der Waals surface area contributed by atoms with Gasteiger partial charge in [0.05, 0.1) is 18.7 Å². The Bertz CT molecular complexity index is 1310. The summed E-state index contributed by atoms with van der Waals surface area (Å²) in [7, 11) is 0. The van der Waals surface area contributed by atoms with Crippen LogP contribution in [0, 0.1) is 27.7 Å². The number of rotatable bonds is 8. The Kier molecular flexibility index (Phi) is 7.10. The maximum absolute atomic E-state index is 12.8. The van der Waals surface area contributed by atoms with Gasteiger partial charge in [-0.05, 0) is 89.2 Å². The van der Waals surface area contributed by atoms with Gasteiger partial charge in [-0.3, -0.25) is 4.79 Å². The third-order valence-electron chi connectivity index (χ3n) is 5.45. The van der Waals surface area contributed by atoms with E-state index in [4.69, 9.17) is 9.47 Å². The first-order valence-electron chi connectivity index (χ1n) is 11.5. The molecule has 2 aromatic carbocycles. The summed E-state index contributed by atoms with van der Waals surface area (Å²) in [4.78, 5) is 21.8. The predicted molar refractivity (Wildman–Crippen MR) is 135 cm³/mol. The standard InChI is InChI=1S/C27H29N5O3/c1-6-34-22-11-13-24(14-12-22)35-23-9-7-21(8-10-23)30-26(33)16-25-19(4)31-32(20(25)5)27-28-17(2)15-18(3)29-27/h7-15H,6,16H2,1-5H3,(H,30,33). The van der Waals surface area contributed by atoms with Crippen LogP contribution < -0.4 is 14.8 Å². The van der Waals surface area contributed by atoms with Crippen LogP contribution in [0.2, 0.25) is 0 Å². The van der Waals surface area contributed by atoms with Gasteiger partial charge in [-0.25, -0.2) is 14.6 Å². The number of aryl methyl sites for hydroxylation is 3. The lowest BCUT2D eigenvalue weighted by atomic mass is 10.1. The number of carbonyl (C=O) groups is 1. The van der Waals surface area contributed by atoms with Gasteiger partial charge in [-0.15, -0.1) is 0 Å². The van der Waals surface area contributed by atoms with Gasteiger partial charge >= 0.3 is 0 Å². The zero-order valence-corrected chi connectivity index (χ0v) is 20.6. The van der Waals surface area contributed by atoms with Crippen molar-refractivity contribution in [3.05, 3.63) is 82.9 Å². The monoisotopic (exact) mass is 471 g/mol. The summed E-state index contributed by atoms with van der Waals surface area (Å²) in [5.41, 5.74) is 4.92. The highest BCUT2D eigenvalue weighted by Crippen LogP contribution is 2.25. The van der Waals surface area contributed by atoms with Crippen LogP contribution in [0.25, 0.3) is 5.95 Å². The number of amides is 1. The van der Waals surface area contributed by atoms with Crippen molar-refractivity contribution in [1.29, 1.82) is 0 Å². The van der Waals surface area contributed by atoms with Crippen molar-refractivity contribution >= 4 is 11.6 Å². The van der Waals surface area contributed by atoms with Crippen LogP contribution in [0.5, 0.6) is 17.2 Å². The Hall–Kier alpha value is -4.20. The minimum Gasteiger partial charge on any atom is -0.494 e. The smallest absolute Gasteiger partial charge is 0.251 e. The Morgan fingerprint density at radius 1 is 0.886 bits per heavy atom. The fourth-order valence-corrected chi connectivity index (χ4v) is 3.81. The molecule has 180 valence electrons. The first kappa shape index (κ1) is 23.9. The van der Waals surface area contributed by atoms with E-state index < -0.39 is 0 Å². The van der Waals surface area contributed by atoms with E-state index in [9.17, 15) is 4.79 Å². The molecule has 0 saturated heterocycles. The van der Waals surface area contributed by atoms with Crippen LogP contribution in [0.1, 0.15) is 35.3 Å². The molecule has 4 aromatic rings. The average Bonchev–Trinajstić information content (AvgIpc) is 3.09. The van der Waals surface area contributed by atoms with Crippen LogP contribution in [-0.2, 0) is 11.2 Å². The number of anilines is 1. The third-order valence-corrected chi connectivity index (χ3v) is 5.45. The minimum atomic E-state index is -0.128. The molecule has 0 fully saturated rings. The minimum absolute atomic E-state index is 0.128. The van der Waals surface area contributed by atoms with Crippen molar-refractivity contribution in [3.63, 3.8) is 0 Å². The summed E-state index contributed by atoms with van der Waals surface area (Å²) >= 11 is 0. The molecule has 8 heteroatoms. The highest BCUT2D eigenvalue weighted by Gasteiger charge is 2.18. The van der Waals surface area contributed by atoms with Gasteiger partial charge < -0.3 is 14.8 Å². The molecule has 1 N–H and O–H groups in total. The van der Waals surface area contributed by atoms with Gasteiger partial charge in [0.25, 0.3) is 5.95 Å². The Labute approximate surface area is 205 Å². The molecule has 0 aliphatic carbocycles. The topological polar surface area (TPSA) is 91.2 Å². The quantitative estimate of drug-likeness (QED) is 0.377. The van der Waals surface area contributed by atoms with Crippen LogP contribution in [0.4, 0.5) is 5.69 Å². The highest BCUT2D eigenvalue weighted by atomic mass is 16.5. The van der Waals surface area contributed by atoms with Crippen molar-refractivity contribution in [2.75, 3.05) is 11.9 Å². The van der Waals surface area contributed by atoms with E-state index in [1.165, 1.54) is 0 Å². The zero-order valence-electron chi connectivity index (χ0n) is 20.6. The number of carbonyl (C=O) groups excluding carboxylic acids is 1. The zero-order chi connectivity index (χ0) is 24.9. The summed E-state index contributed by atoms with van der Waals surface area (Å²) in [6.07, 6.45) is 0.201. The van der Waals surface area contributed by atoms with Gasteiger partial charge in [0, 0.05) is 28.3 Å². The van der Waals surface area contributed by atoms with Gasteiger partial charge in [-0.1, -0.05) is 0 Å². The molecule has 0 radical (unpaired) electrons. The van der Waals surface area contributed by atoms with E-state index in [1.54, 1.807) is 4.68 Å². The van der Waals surface area contributed by atoms with Crippen LogP contribution in [-0.4, -0.2) is 32.3 Å². The molecule has 2 heterocycles. The lowest BCUT2D eigenvalue weighted by Crippen LogP contribution is -2.15. The number of aromatic nitrogens is 4. The fourth-order valence-electron chi connectivity index (χ4n) is 3.81. The van der Waals surface area contributed by atoms with E-state index in [-0.39, 0.29) is 12.3 Å². The van der Waals surface area contributed by atoms with Crippen LogP contribution in [0.3, 0.4) is 0 Å². The highest BCUT2D eigenvalue weighted by molar-refractivity contribution is 5.92. The van der Waals surface area contributed by atoms with Crippen LogP contribution in [0.15, 0.2) is 54.6 Å². The van der Waals surface area contributed by atoms with Crippen LogP contribution >= 0.6 is 0 Å². The molecule has 0 aliphatic rings. The molecular formula is C27H29N5O3. The molecule has 0 atom stereocenters. The predicted octanol–water partition coefficient (Wildman–Crippen LogP) is 5.27. The van der Waals surface area contributed by atoms with Crippen molar-refractivity contribution < 1.29 is 14.3 Å². The third kappa shape index (κ3) is 5.84. The second-order valence-corrected chi connectivity index (χ2v) is 8.27. The van der Waals surface area contributed by atoms with Gasteiger partial charge in [0.2, 0.25) is 5.91 Å². The molecule has 0 aliphatic heterocycles. The SMILES string of the molecule is CCOc1ccc(Oc2ccc(NC(=O)Cc3c(C)nn(-c4nc(C)cc(C)n4)c3C)cc2)cc1. The molecule has 0 bridgehead atoms. The van der Waals surface area contributed by atoms with Crippen molar-refractivity contribution in [3.8, 4) is 23.2 Å².